The van der Waals surface area contributed by atoms with E-state index >= 15 is 0 Å². The van der Waals surface area contributed by atoms with E-state index in [1.165, 1.54) is 6.92 Å². The van der Waals surface area contributed by atoms with Crippen molar-refractivity contribution in [1.82, 2.24) is 0 Å². The summed E-state index contributed by atoms with van der Waals surface area (Å²) in [5.74, 6) is 0. The van der Waals surface area contributed by atoms with Gasteiger partial charge in [-0.05, 0) is 19.8 Å². The molecule has 0 aliphatic carbocycles. The molecule has 0 aromatic rings. The highest BCUT2D eigenvalue weighted by molar-refractivity contribution is 5.60. The standard InChI is InChI=1S/C13H20N2O12/c1-7(26-14(18)19)9(27-15(20)21)3-2-4-22-13(17)25-10-6-24-11-8(16)5-23-12(10)11/h7-12,16H,2-6H2,1H3/t7?,8-,9?,10-,11-,12-/m1/s1. The van der Waals surface area contributed by atoms with Crippen LogP contribution in [0.4, 0.5) is 4.79 Å². The van der Waals surface area contributed by atoms with Crippen LogP contribution in [-0.4, -0.2) is 77.9 Å². The third-order valence-corrected chi connectivity index (χ3v) is 4.08. The van der Waals surface area contributed by atoms with Crippen molar-refractivity contribution >= 4 is 6.16 Å². The summed E-state index contributed by atoms with van der Waals surface area (Å²) in [6.45, 7) is 1.24. The van der Waals surface area contributed by atoms with Gasteiger partial charge in [-0.15, -0.1) is 20.2 Å². The predicted octanol–water partition coefficient (Wildman–Crippen LogP) is -0.379. The predicted molar refractivity (Wildman–Crippen MR) is 80.4 cm³/mol. The van der Waals surface area contributed by atoms with Crippen molar-refractivity contribution in [3.63, 3.8) is 0 Å². The lowest BCUT2D eigenvalue weighted by atomic mass is 10.1. The topological polar surface area (TPSA) is 179 Å². The molecule has 0 aromatic carbocycles. The molecular weight excluding hydrogens is 376 g/mol. The molecule has 0 aromatic heterocycles. The van der Waals surface area contributed by atoms with E-state index in [0.29, 0.717) is 0 Å². The van der Waals surface area contributed by atoms with Gasteiger partial charge in [-0.2, -0.15) is 0 Å². The Morgan fingerprint density at radius 3 is 2.52 bits per heavy atom. The van der Waals surface area contributed by atoms with Gasteiger partial charge in [-0.3, -0.25) is 0 Å². The van der Waals surface area contributed by atoms with Gasteiger partial charge in [0.25, 0.3) is 10.2 Å². The highest BCUT2D eigenvalue weighted by atomic mass is 17.0. The van der Waals surface area contributed by atoms with Crippen molar-refractivity contribution in [2.24, 2.45) is 0 Å². The van der Waals surface area contributed by atoms with Gasteiger partial charge in [-0.1, -0.05) is 0 Å². The number of hydrogen-bond acceptors (Lipinski definition) is 12. The molecule has 0 radical (unpaired) electrons. The quantitative estimate of drug-likeness (QED) is 0.219. The van der Waals surface area contributed by atoms with Crippen LogP contribution in [0.1, 0.15) is 19.8 Å². The summed E-state index contributed by atoms with van der Waals surface area (Å²) in [6, 6.07) is 0. The Morgan fingerprint density at radius 1 is 1.19 bits per heavy atom. The Morgan fingerprint density at radius 2 is 1.85 bits per heavy atom. The van der Waals surface area contributed by atoms with Crippen molar-refractivity contribution in [2.45, 2.75) is 56.4 Å². The third-order valence-electron chi connectivity index (χ3n) is 4.08. The Labute approximate surface area is 152 Å². The molecule has 1 N–H and O–H groups in total. The number of rotatable bonds is 10. The summed E-state index contributed by atoms with van der Waals surface area (Å²) in [7, 11) is 0. The highest BCUT2D eigenvalue weighted by Gasteiger charge is 2.49. The Kier molecular flexibility index (Phi) is 7.32. The van der Waals surface area contributed by atoms with Gasteiger partial charge < -0.3 is 33.7 Å². The van der Waals surface area contributed by atoms with Crippen LogP contribution < -0.4 is 0 Å². The summed E-state index contributed by atoms with van der Waals surface area (Å²) in [5, 5.41) is 28.2. The molecule has 2 aliphatic rings. The zero-order chi connectivity index (χ0) is 20.0. The summed E-state index contributed by atoms with van der Waals surface area (Å²) in [4.78, 5) is 41.1. The maximum Gasteiger partial charge on any atom is 0.508 e. The Balaban J connectivity index is 1.68. The molecule has 154 valence electrons. The molecule has 14 nitrogen and oxygen atoms in total. The second kappa shape index (κ2) is 9.48. The lowest BCUT2D eigenvalue weighted by molar-refractivity contribution is -0.798. The van der Waals surface area contributed by atoms with Crippen molar-refractivity contribution in [1.29, 1.82) is 0 Å². The number of fused-ring (bicyclic) bond motifs is 1. The van der Waals surface area contributed by atoms with E-state index in [4.69, 9.17) is 18.9 Å². The second-order valence-electron chi connectivity index (χ2n) is 5.96. The minimum absolute atomic E-state index is 0.0319. The number of carbonyl (C=O) groups is 1. The molecule has 2 aliphatic heterocycles. The molecule has 2 heterocycles. The molecule has 27 heavy (non-hydrogen) atoms. The zero-order valence-electron chi connectivity index (χ0n) is 14.3. The lowest BCUT2D eigenvalue weighted by Gasteiger charge is -2.20. The van der Waals surface area contributed by atoms with E-state index in [2.05, 4.69) is 9.68 Å². The normalized spacial score (nSPS) is 28.7. The van der Waals surface area contributed by atoms with Crippen molar-refractivity contribution in [3.8, 4) is 0 Å². The maximum atomic E-state index is 11.7. The summed E-state index contributed by atoms with van der Waals surface area (Å²) >= 11 is 0. The van der Waals surface area contributed by atoms with Gasteiger partial charge in [-0.25, -0.2) is 4.79 Å². The Hall–Kier alpha value is -2.45. The van der Waals surface area contributed by atoms with E-state index < -0.39 is 53.0 Å². The molecule has 2 saturated heterocycles. The minimum atomic E-state index is -1.21. The molecule has 2 fully saturated rings. The van der Waals surface area contributed by atoms with Gasteiger partial charge in [0.1, 0.15) is 30.5 Å². The van der Waals surface area contributed by atoms with Crippen LogP contribution in [0.3, 0.4) is 0 Å². The molecule has 0 spiro atoms. The number of hydrogen-bond donors (Lipinski definition) is 1. The molecule has 14 heteroatoms. The third kappa shape index (κ3) is 6.04. The number of ether oxygens (including phenoxy) is 4. The first kappa shape index (κ1) is 20.9. The van der Waals surface area contributed by atoms with Gasteiger partial charge in [0.2, 0.25) is 0 Å². The first-order valence-electron chi connectivity index (χ1n) is 8.15. The van der Waals surface area contributed by atoms with E-state index in [-0.39, 0.29) is 32.7 Å². The van der Waals surface area contributed by atoms with Gasteiger partial charge in [0.15, 0.2) is 6.10 Å². The van der Waals surface area contributed by atoms with Crippen LogP contribution in [0.25, 0.3) is 0 Å². The average molecular weight is 396 g/mol. The maximum absolute atomic E-state index is 11.7. The fourth-order valence-corrected chi connectivity index (χ4v) is 2.83. The minimum Gasteiger partial charge on any atom is -0.434 e. The first-order chi connectivity index (χ1) is 12.8. The van der Waals surface area contributed by atoms with Crippen LogP contribution in [0.5, 0.6) is 0 Å². The SMILES string of the molecule is CC(O[N+](=O)[O-])C(CCCOC(=O)O[C@@H]1CO[C@H]2[C@@H]1OC[C@H]2O)O[N+](=O)[O-]. The van der Waals surface area contributed by atoms with Crippen molar-refractivity contribution in [3.05, 3.63) is 20.2 Å². The molecule has 2 rings (SSSR count). The highest BCUT2D eigenvalue weighted by Crippen LogP contribution is 2.28. The number of aliphatic hydroxyl groups excluding tert-OH is 1. The fourth-order valence-electron chi connectivity index (χ4n) is 2.83. The van der Waals surface area contributed by atoms with Crippen molar-refractivity contribution < 1.29 is 48.7 Å². The molecule has 0 saturated carbocycles. The molecular formula is C13H20N2O12. The fraction of sp³-hybridized carbons (Fsp3) is 0.923. The van der Waals surface area contributed by atoms with Crippen LogP contribution in [0, 0.1) is 20.2 Å². The van der Waals surface area contributed by atoms with Crippen LogP contribution >= 0.6 is 0 Å². The monoisotopic (exact) mass is 396 g/mol. The lowest BCUT2D eigenvalue weighted by Crippen LogP contribution is -2.34. The average Bonchev–Trinajstić information content (AvgIpc) is 3.13. The van der Waals surface area contributed by atoms with Gasteiger partial charge in [0, 0.05) is 0 Å². The molecule has 0 amide bonds. The summed E-state index contributed by atoms with van der Waals surface area (Å²) in [5.41, 5.74) is 0. The van der Waals surface area contributed by atoms with E-state index in [0.717, 1.165) is 0 Å². The van der Waals surface area contributed by atoms with E-state index in [1.807, 2.05) is 0 Å². The largest absolute Gasteiger partial charge is 0.508 e. The van der Waals surface area contributed by atoms with Crippen molar-refractivity contribution in [2.75, 3.05) is 19.8 Å². The van der Waals surface area contributed by atoms with E-state index in [1.54, 1.807) is 0 Å². The zero-order valence-corrected chi connectivity index (χ0v) is 14.3. The first-order valence-corrected chi connectivity index (χ1v) is 8.15. The number of nitrogens with zero attached hydrogens (tertiary/aromatic N) is 2. The smallest absolute Gasteiger partial charge is 0.434 e. The molecule has 0 bridgehead atoms. The van der Waals surface area contributed by atoms with Crippen LogP contribution in [0.2, 0.25) is 0 Å². The van der Waals surface area contributed by atoms with Gasteiger partial charge in [0.05, 0.1) is 19.8 Å². The number of aliphatic hydroxyl groups is 1. The Bertz CT molecular complexity index is 545. The molecule has 6 atom stereocenters. The van der Waals surface area contributed by atoms with Gasteiger partial charge >= 0.3 is 6.16 Å². The molecule has 2 unspecified atom stereocenters. The number of carbonyl (C=O) groups excluding carboxylic acids is 1. The summed E-state index contributed by atoms with van der Waals surface area (Å²) < 4.78 is 20.5. The van der Waals surface area contributed by atoms with Crippen LogP contribution in [0.15, 0.2) is 0 Å². The summed E-state index contributed by atoms with van der Waals surface area (Å²) in [6.07, 6.45) is -5.90. The van der Waals surface area contributed by atoms with Crippen LogP contribution in [-0.2, 0) is 28.6 Å². The second-order valence-corrected chi connectivity index (χ2v) is 5.96. The van der Waals surface area contributed by atoms with E-state index in [9.17, 15) is 30.1 Å².